The predicted molar refractivity (Wildman–Crippen MR) is 98.7 cm³/mol. The maximum Gasteiger partial charge on any atom is 0.260 e. The van der Waals surface area contributed by atoms with Crippen molar-refractivity contribution in [2.75, 3.05) is 32.8 Å². The Morgan fingerprint density at radius 1 is 1.04 bits per heavy atom. The van der Waals surface area contributed by atoms with E-state index in [1.165, 1.54) is 18.3 Å². The zero-order chi connectivity index (χ0) is 18.5. The van der Waals surface area contributed by atoms with Crippen molar-refractivity contribution < 1.29 is 19.1 Å². The number of Topliss-reactive ketones (excluding diaryl/α,β-unsaturated/α-hetero) is 1. The number of amides is 2. The molecular weight excluding hydrogens is 352 g/mol. The molecule has 6 nitrogen and oxygen atoms in total. The Kier molecular flexibility index (Phi) is 5.68. The molecule has 0 unspecified atom stereocenters. The first-order valence-electron chi connectivity index (χ1n) is 8.39. The Morgan fingerprint density at radius 2 is 1.69 bits per heavy atom. The zero-order valence-electron chi connectivity index (χ0n) is 14.5. The van der Waals surface area contributed by atoms with Crippen LogP contribution in [-0.4, -0.2) is 60.2 Å². The predicted octanol–water partition coefficient (Wildman–Crippen LogP) is 2.31. The van der Waals surface area contributed by atoms with E-state index in [9.17, 15) is 14.4 Å². The van der Waals surface area contributed by atoms with Crippen LogP contribution in [0.15, 0.2) is 41.8 Å². The highest BCUT2D eigenvalue weighted by molar-refractivity contribution is 7.12. The van der Waals surface area contributed by atoms with Gasteiger partial charge in [0.05, 0.1) is 10.4 Å². The number of piperazine rings is 1. The molecule has 0 spiro atoms. The van der Waals surface area contributed by atoms with Gasteiger partial charge in [0.15, 0.2) is 12.4 Å². The summed E-state index contributed by atoms with van der Waals surface area (Å²) in [5.41, 5.74) is 0.535. The highest BCUT2D eigenvalue weighted by atomic mass is 32.1. The summed E-state index contributed by atoms with van der Waals surface area (Å²) in [6.07, 6.45) is 0. The van der Waals surface area contributed by atoms with Crippen molar-refractivity contribution in [1.29, 1.82) is 0 Å². The number of para-hydroxylation sites is 1. The van der Waals surface area contributed by atoms with E-state index >= 15 is 0 Å². The van der Waals surface area contributed by atoms with Crippen molar-refractivity contribution in [1.82, 2.24) is 9.80 Å². The summed E-state index contributed by atoms with van der Waals surface area (Å²) in [7, 11) is 0. The van der Waals surface area contributed by atoms with Crippen molar-refractivity contribution in [2.45, 2.75) is 6.92 Å². The van der Waals surface area contributed by atoms with Crippen LogP contribution in [0.4, 0.5) is 0 Å². The molecule has 2 aromatic rings. The quantitative estimate of drug-likeness (QED) is 0.756. The van der Waals surface area contributed by atoms with Crippen LogP contribution < -0.4 is 4.74 Å². The molecule has 0 radical (unpaired) electrons. The van der Waals surface area contributed by atoms with E-state index in [2.05, 4.69) is 0 Å². The number of ether oxygens (including phenoxy) is 1. The summed E-state index contributed by atoms with van der Waals surface area (Å²) in [5.74, 6) is 0.438. The van der Waals surface area contributed by atoms with Gasteiger partial charge in [0.1, 0.15) is 5.75 Å². The first-order valence-corrected chi connectivity index (χ1v) is 9.27. The fourth-order valence-corrected chi connectivity index (χ4v) is 3.51. The summed E-state index contributed by atoms with van der Waals surface area (Å²) >= 11 is 1.28. The van der Waals surface area contributed by atoms with E-state index in [1.54, 1.807) is 33.4 Å². The zero-order valence-corrected chi connectivity index (χ0v) is 15.3. The average molecular weight is 372 g/mol. The third kappa shape index (κ3) is 4.29. The smallest absolute Gasteiger partial charge is 0.260 e. The van der Waals surface area contributed by atoms with Gasteiger partial charge in [-0.15, -0.1) is 11.3 Å². The lowest BCUT2D eigenvalue weighted by Gasteiger charge is -2.34. The van der Waals surface area contributed by atoms with Gasteiger partial charge in [0, 0.05) is 31.6 Å². The van der Waals surface area contributed by atoms with Crippen LogP contribution in [0.3, 0.4) is 0 Å². The van der Waals surface area contributed by atoms with Crippen LogP contribution in [0, 0.1) is 0 Å². The van der Waals surface area contributed by atoms with E-state index < -0.39 is 0 Å². The summed E-state index contributed by atoms with van der Waals surface area (Å²) in [5, 5.41) is 1.71. The first-order chi connectivity index (χ1) is 12.5. The van der Waals surface area contributed by atoms with Gasteiger partial charge in [-0.3, -0.25) is 14.4 Å². The Bertz CT molecular complexity index is 795. The number of ketones is 1. The molecule has 7 heteroatoms. The van der Waals surface area contributed by atoms with Crippen LogP contribution >= 0.6 is 11.3 Å². The molecule has 0 bridgehead atoms. The number of hydrogen-bond donors (Lipinski definition) is 0. The van der Waals surface area contributed by atoms with Crippen molar-refractivity contribution in [2.24, 2.45) is 0 Å². The lowest BCUT2D eigenvalue weighted by atomic mass is 10.2. The second-order valence-corrected chi connectivity index (χ2v) is 6.94. The maximum atomic E-state index is 12.5. The Balaban J connectivity index is 1.49. The van der Waals surface area contributed by atoms with Crippen LogP contribution in [-0.2, 0) is 4.79 Å². The van der Waals surface area contributed by atoms with Gasteiger partial charge in [-0.1, -0.05) is 18.2 Å². The summed E-state index contributed by atoms with van der Waals surface area (Å²) in [6, 6.07) is 10.8. The number of hydrogen-bond acceptors (Lipinski definition) is 5. The van der Waals surface area contributed by atoms with Crippen molar-refractivity contribution in [3.8, 4) is 5.75 Å². The number of carbonyl (C=O) groups is 3. The standard InChI is InChI=1S/C19H20N2O4S/c1-14(22)17-11-15(13-26-17)19(24)21-9-7-20(8-10-21)18(23)12-25-16-5-3-2-4-6-16/h2-6,11,13H,7-10,12H2,1H3. The van der Waals surface area contributed by atoms with E-state index in [-0.39, 0.29) is 24.2 Å². The normalized spacial score (nSPS) is 14.2. The Morgan fingerprint density at radius 3 is 2.31 bits per heavy atom. The monoisotopic (exact) mass is 372 g/mol. The van der Waals surface area contributed by atoms with Gasteiger partial charge in [0.2, 0.25) is 0 Å². The van der Waals surface area contributed by atoms with Gasteiger partial charge in [-0.25, -0.2) is 0 Å². The van der Waals surface area contributed by atoms with Crippen LogP contribution in [0.2, 0.25) is 0 Å². The molecule has 0 saturated carbocycles. The molecule has 1 aliphatic rings. The van der Waals surface area contributed by atoms with Crippen LogP contribution in [0.1, 0.15) is 27.0 Å². The molecule has 2 amide bonds. The molecule has 0 atom stereocenters. The number of thiophene rings is 1. The minimum Gasteiger partial charge on any atom is -0.484 e. The summed E-state index contributed by atoms with van der Waals surface area (Å²) < 4.78 is 5.49. The molecular formula is C19H20N2O4S. The van der Waals surface area contributed by atoms with E-state index in [0.29, 0.717) is 42.4 Å². The highest BCUT2D eigenvalue weighted by Crippen LogP contribution is 2.18. The van der Waals surface area contributed by atoms with Crippen molar-refractivity contribution in [3.63, 3.8) is 0 Å². The first kappa shape index (κ1) is 18.1. The number of carbonyl (C=O) groups excluding carboxylic acids is 3. The lowest BCUT2D eigenvalue weighted by Crippen LogP contribution is -2.51. The maximum absolute atomic E-state index is 12.5. The minimum absolute atomic E-state index is 0.00946. The molecule has 0 N–H and O–H groups in total. The molecule has 1 aromatic carbocycles. The summed E-state index contributed by atoms with van der Waals surface area (Å²) in [4.78, 5) is 40.2. The third-order valence-electron chi connectivity index (χ3n) is 4.22. The molecule has 1 fully saturated rings. The number of nitrogens with zero attached hydrogens (tertiary/aromatic N) is 2. The second-order valence-electron chi connectivity index (χ2n) is 6.03. The fraction of sp³-hybridized carbons (Fsp3) is 0.316. The van der Waals surface area contributed by atoms with Crippen molar-refractivity contribution >= 4 is 28.9 Å². The van der Waals surface area contributed by atoms with Crippen LogP contribution in [0.5, 0.6) is 5.75 Å². The molecule has 3 rings (SSSR count). The van der Waals surface area contributed by atoms with Gasteiger partial charge < -0.3 is 14.5 Å². The molecule has 2 heterocycles. The van der Waals surface area contributed by atoms with Gasteiger partial charge in [-0.2, -0.15) is 0 Å². The largest absolute Gasteiger partial charge is 0.484 e. The highest BCUT2D eigenvalue weighted by Gasteiger charge is 2.25. The van der Waals surface area contributed by atoms with Crippen molar-refractivity contribution in [3.05, 3.63) is 52.2 Å². The SMILES string of the molecule is CC(=O)c1cc(C(=O)N2CCN(C(=O)COc3ccccc3)CC2)cs1. The molecule has 26 heavy (non-hydrogen) atoms. The van der Waals surface area contributed by atoms with Gasteiger partial charge in [-0.05, 0) is 25.1 Å². The number of rotatable bonds is 5. The van der Waals surface area contributed by atoms with E-state index in [0.717, 1.165) is 0 Å². The van der Waals surface area contributed by atoms with Gasteiger partial charge >= 0.3 is 0 Å². The van der Waals surface area contributed by atoms with Crippen LogP contribution in [0.25, 0.3) is 0 Å². The number of benzene rings is 1. The Labute approximate surface area is 156 Å². The Hall–Kier alpha value is -2.67. The molecule has 0 aliphatic carbocycles. The van der Waals surface area contributed by atoms with Gasteiger partial charge in [0.25, 0.3) is 11.8 Å². The van der Waals surface area contributed by atoms with E-state index in [1.807, 2.05) is 18.2 Å². The second kappa shape index (κ2) is 8.14. The third-order valence-corrected chi connectivity index (χ3v) is 5.25. The molecule has 1 saturated heterocycles. The van der Waals surface area contributed by atoms with E-state index in [4.69, 9.17) is 4.74 Å². The fourth-order valence-electron chi connectivity index (χ4n) is 2.73. The summed E-state index contributed by atoms with van der Waals surface area (Å²) in [6.45, 7) is 3.38. The molecule has 1 aromatic heterocycles. The molecule has 1 aliphatic heterocycles. The minimum atomic E-state index is -0.0959. The lowest BCUT2D eigenvalue weighted by molar-refractivity contribution is -0.134. The average Bonchev–Trinajstić information content (AvgIpc) is 3.17. The topological polar surface area (TPSA) is 66.9 Å². The molecule has 136 valence electrons.